The molecule has 4 aromatic rings. The van der Waals surface area contributed by atoms with Gasteiger partial charge in [-0.2, -0.15) is 10.2 Å². The van der Waals surface area contributed by atoms with Crippen LogP contribution in [0.3, 0.4) is 0 Å². The molecule has 0 saturated carbocycles. The molecule has 0 aliphatic rings. The Balaban J connectivity index is 1.69. The van der Waals surface area contributed by atoms with E-state index in [0.29, 0.717) is 16.3 Å². The number of nitrogens with one attached hydrogen (secondary N) is 1. The van der Waals surface area contributed by atoms with E-state index in [0.717, 1.165) is 18.2 Å². The maximum absolute atomic E-state index is 13.2. The highest BCUT2D eigenvalue weighted by atomic mass is 16.6. The number of hydrogen-bond acceptors (Lipinski definition) is 6. The van der Waals surface area contributed by atoms with Crippen molar-refractivity contribution in [2.75, 3.05) is 13.7 Å². The smallest absolute Gasteiger partial charge is 0.343 e. The van der Waals surface area contributed by atoms with Crippen molar-refractivity contribution < 1.29 is 17.0 Å². The first-order valence-corrected chi connectivity index (χ1v) is 9.18. The number of fused-ring (bicyclic) bond motifs is 1. The number of aromatic nitrogens is 4. The predicted octanol–water partition coefficient (Wildman–Crippen LogP) is 2.95. The standard InChI is InChI=1S/C22H20N4O4/c1-14(15-4-3-5-19(8-15)30-13-21(27)29-2)26-22(28)20-9-16(18-10-23-24-11-18)6-7-17(20)12-25-26/h3-12,14H,13H2,1-2H3,(H,23,24)/t14-/m1/s1/i13D2. The van der Waals surface area contributed by atoms with Gasteiger partial charge in [0.05, 0.1) is 33.7 Å². The average molecular weight is 406 g/mol. The van der Waals surface area contributed by atoms with E-state index < -0.39 is 18.6 Å². The minimum atomic E-state index is -2.64. The Morgan fingerprint density at radius 1 is 1.23 bits per heavy atom. The van der Waals surface area contributed by atoms with Crippen LogP contribution < -0.4 is 10.3 Å². The van der Waals surface area contributed by atoms with Crippen LogP contribution >= 0.6 is 0 Å². The lowest BCUT2D eigenvalue weighted by Gasteiger charge is -2.16. The summed E-state index contributed by atoms with van der Waals surface area (Å²) in [5.74, 6) is -1.02. The number of nitrogens with zero attached hydrogens (tertiary/aromatic N) is 3. The zero-order chi connectivity index (χ0) is 22.9. The first-order valence-electron chi connectivity index (χ1n) is 10.2. The molecule has 1 atom stereocenters. The van der Waals surface area contributed by atoms with Gasteiger partial charge in [0, 0.05) is 17.1 Å². The fourth-order valence-corrected chi connectivity index (χ4v) is 3.14. The monoisotopic (exact) mass is 406 g/mol. The molecule has 0 fully saturated rings. The van der Waals surface area contributed by atoms with Crippen LogP contribution in [0.1, 0.15) is 21.3 Å². The van der Waals surface area contributed by atoms with Crippen LogP contribution in [0.25, 0.3) is 21.9 Å². The van der Waals surface area contributed by atoms with Crippen LogP contribution in [0.4, 0.5) is 0 Å². The third-order valence-electron chi connectivity index (χ3n) is 4.79. The summed E-state index contributed by atoms with van der Waals surface area (Å²) in [6, 6.07) is 11.6. The number of carbonyl (C=O) groups excluding carboxylic acids is 1. The highest BCUT2D eigenvalue weighted by molar-refractivity contribution is 5.85. The van der Waals surface area contributed by atoms with E-state index >= 15 is 0 Å². The zero-order valence-electron chi connectivity index (χ0n) is 18.3. The fraction of sp³-hybridized carbons (Fsp3) is 0.182. The third-order valence-corrected chi connectivity index (χ3v) is 4.79. The molecule has 0 radical (unpaired) electrons. The second kappa shape index (κ2) is 8.20. The quantitative estimate of drug-likeness (QED) is 0.494. The fourth-order valence-electron chi connectivity index (χ4n) is 3.14. The number of rotatable bonds is 6. The molecule has 8 heteroatoms. The number of ether oxygens (including phenoxy) is 2. The molecule has 0 amide bonds. The van der Waals surface area contributed by atoms with Crippen LogP contribution in [-0.2, 0) is 9.53 Å². The summed E-state index contributed by atoms with van der Waals surface area (Å²) in [6.45, 7) is -0.841. The van der Waals surface area contributed by atoms with Gasteiger partial charge in [-0.3, -0.25) is 9.89 Å². The number of carbonyl (C=O) groups is 1. The molecule has 30 heavy (non-hydrogen) atoms. The lowest BCUT2D eigenvalue weighted by Crippen LogP contribution is -2.26. The van der Waals surface area contributed by atoms with Gasteiger partial charge in [0.2, 0.25) is 0 Å². The van der Waals surface area contributed by atoms with Crippen molar-refractivity contribution >= 4 is 16.7 Å². The molecule has 0 unspecified atom stereocenters. The Morgan fingerprint density at radius 2 is 2.10 bits per heavy atom. The molecule has 0 saturated heterocycles. The van der Waals surface area contributed by atoms with Gasteiger partial charge in [-0.25, -0.2) is 9.48 Å². The van der Waals surface area contributed by atoms with Gasteiger partial charge in [0.25, 0.3) is 5.56 Å². The Kier molecular flexibility index (Phi) is 4.64. The Bertz CT molecular complexity index is 1340. The van der Waals surface area contributed by atoms with Crippen LogP contribution in [-0.4, -0.2) is 39.6 Å². The first-order chi connectivity index (χ1) is 15.3. The van der Waals surface area contributed by atoms with E-state index in [1.54, 1.807) is 49.8 Å². The number of aromatic amines is 1. The summed E-state index contributed by atoms with van der Waals surface area (Å²) >= 11 is 0. The maximum atomic E-state index is 13.2. The van der Waals surface area contributed by atoms with E-state index in [-0.39, 0.29) is 11.3 Å². The number of esters is 1. The highest BCUT2D eigenvalue weighted by Crippen LogP contribution is 2.24. The second-order valence-electron chi connectivity index (χ2n) is 6.63. The van der Waals surface area contributed by atoms with Gasteiger partial charge in [0.1, 0.15) is 5.75 Å². The van der Waals surface area contributed by atoms with Gasteiger partial charge in [0.15, 0.2) is 6.56 Å². The summed E-state index contributed by atoms with van der Waals surface area (Å²) in [5, 5.41) is 12.3. The number of hydrogen-bond donors (Lipinski definition) is 1. The number of benzene rings is 2. The van der Waals surface area contributed by atoms with Gasteiger partial charge < -0.3 is 9.47 Å². The van der Waals surface area contributed by atoms with E-state index in [1.807, 2.05) is 12.1 Å². The van der Waals surface area contributed by atoms with Crippen molar-refractivity contribution in [1.82, 2.24) is 20.0 Å². The second-order valence-corrected chi connectivity index (χ2v) is 6.63. The molecule has 2 aromatic carbocycles. The molecule has 0 bridgehead atoms. The molecular weight excluding hydrogens is 384 g/mol. The highest BCUT2D eigenvalue weighted by Gasteiger charge is 2.15. The summed E-state index contributed by atoms with van der Waals surface area (Å²) in [6.07, 6.45) is 5.06. The van der Waals surface area contributed by atoms with Crippen LogP contribution in [0, 0.1) is 0 Å². The molecule has 2 aromatic heterocycles. The predicted molar refractivity (Wildman–Crippen MR) is 111 cm³/mol. The third kappa shape index (κ3) is 3.80. The lowest BCUT2D eigenvalue weighted by molar-refractivity contribution is -0.142. The van der Waals surface area contributed by atoms with E-state index in [2.05, 4.69) is 20.0 Å². The molecule has 1 N–H and O–H groups in total. The van der Waals surface area contributed by atoms with E-state index in [4.69, 9.17) is 7.48 Å². The topological polar surface area (TPSA) is 99.1 Å². The van der Waals surface area contributed by atoms with Crippen molar-refractivity contribution in [1.29, 1.82) is 0 Å². The Labute approximate surface area is 174 Å². The summed E-state index contributed by atoms with van der Waals surface area (Å²) in [7, 11) is 1.08. The first kappa shape index (κ1) is 17.0. The van der Waals surface area contributed by atoms with Crippen LogP contribution in [0.5, 0.6) is 5.75 Å². The van der Waals surface area contributed by atoms with Gasteiger partial charge in [-0.1, -0.05) is 24.3 Å². The Hall–Kier alpha value is -3.94. The molecule has 0 aliphatic heterocycles. The normalized spacial score (nSPS) is 13.4. The minimum absolute atomic E-state index is 0.126. The van der Waals surface area contributed by atoms with Crippen molar-refractivity contribution in [3.05, 3.63) is 77.0 Å². The summed E-state index contributed by atoms with van der Waals surface area (Å²) in [4.78, 5) is 24.8. The molecule has 2 heterocycles. The van der Waals surface area contributed by atoms with Gasteiger partial charge in [-0.15, -0.1) is 0 Å². The minimum Gasteiger partial charge on any atom is -0.482 e. The van der Waals surface area contributed by atoms with Crippen molar-refractivity contribution in [3.8, 4) is 16.9 Å². The van der Waals surface area contributed by atoms with Crippen molar-refractivity contribution in [3.63, 3.8) is 0 Å². The number of H-pyrrole nitrogens is 1. The van der Waals surface area contributed by atoms with Crippen molar-refractivity contribution in [2.45, 2.75) is 13.0 Å². The Morgan fingerprint density at radius 3 is 2.87 bits per heavy atom. The van der Waals surface area contributed by atoms with Crippen molar-refractivity contribution in [2.24, 2.45) is 0 Å². The summed E-state index contributed by atoms with van der Waals surface area (Å²) in [5.41, 5.74) is 2.11. The molecule has 152 valence electrons. The van der Waals surface area contributed by atoms with Crippen LogP contribution in [0.15, 0.2) is 65.8 Å². The largest absolute Gasteiger partial charge is 0.482 e. The lowest BCUT2D eigenvalue weighted by atomic mass is 10.0. The summed E-state index contributed by atoms with van der Waals surface area (Å²) < 4.78 is 26.4. The molecule has 8 nitrogen and oxygen atoms in total. The van der Waals surface area contributed by atoms with Gasteiger partial charge >= 0.3 is 5.97 Å². The zero-order valence-corrected chi connectivity index (χ0v) is 16.3. The molecular formula is C22H20N4O4. The molecule has 4 rings (SSSR count). The number of methoxy groups -OCH3 is 1. The van der Waals surface area contributed by atoms with Crippen LogP contribution in [0.2, 0.25) is 0 Å². The van der Waals surface area contributed by atoms with E-state index in [9.17, 15) is 9.59 Å². The SMILES string of the molecule is [2H]C([2H])(Oc1cccc([C@@H](C)n2ncc3ccc(-c4cn[nH]c4)cc3c2=O)c1)C(=O)OC. The molecule has 0 aliphatic carbocycles. The molecule has 0 spiro atoms. The van der Waals surface area contributed by atoms with Gasteiger partial charge in [-0.05, 0) is 36.2 Å². The maximum Gasteiger partial charge on any atom is 0.343 e. The van der Waals surface area contributed by atoms with E-state index in [1.165, 1.54) is 10.7 Å². The average Bonchev–Trinajstić information content (AvgIpc) is 3.33.